The number of hydrogen-bond acceptors (Lipinski definition) is 6. The molecule has 0 saturated carbocycles. The Morgan fingerprint density at radius 3 is 2.53 bits per heavy atom. The van der Waals surface area contributed by atoms with Crippen molar-refractivity contribution in [1.82, 2.24) is 35.7 Å². The average molecular weight is 497 g/mol. The Hall–Kier alpha value is -3.86. The van der Waals surface area contributed by atoms with Gasteiger partial charge in [0.15, 0.2) is 5.82 Å². The Morgan fingerprint density at radius 2 is 1.86 bits per heavy atom. The number of tetrazole rings is 1. The number of urea groups is 1. The third-order valence-electron chi connectivity index (χ3n) is 5.37. The molecule has 3 rings (SSSR count). The number of amides is 3. The second kappa shape index (κ2) is 12.7. The molecule has 0 unspecified atom stereocenters. The minimum Gasteiger partial charge on any atom is -0.350 e. The second-order valence-electron chi connectivity index (χ2n) is 9.01. The molecular weight excluding hydrogens is 463 g/mol. The van der Waals surface area contributed by atoms with Crippen LogP contribution in [-0.2, 0) is 13.6 Å². The molecule has 0 radical (unpaired) electrons. The molecule has 192 valence electrons. The maximum atomic E-state index is 13.0. The average Bonchev–Trinajstić information content (AvgIpc) is 3.25. The van der Waals surface area contributed by atoms with E-state index in [0.717, 1.165) is 31.5 Å². The van der Waals surface area contributed by atoms with Crippen molar-refractivity contribution in [3.05, 3.63) is 59.4 Å². The summed E-state index contributed by atoms with van der Waals surface area (Å²) in [7, 11) is 3.71. The number of halogens is 1. The van der Waals surface area contributed by atoms with Crippen molar-refractivity contribution in [2.75, 3.05) is 25.5 Å². The number of carbonyl (C=O) groups is 2. The Morgan fingerprint density at radius 1 is 1.11 bits per heavy atom. The molecule has 0 saturated heterocycles. The number of aryl methyl sites for hydroxylation is 1. The molecule has 1 heterocycles. The summed E-state index contributed by atoms with van der Waals surface area (Å²) in [6.07, 6.45) is 1.69. The monoisotopic (exact) mass is 496 g/mol. The van der Waals surface area contributed by atoms with E-state index >= 15 is 0 Å². The van der Waals surface area contributed by atoms with Gasteiger partial charge < -0.3 is 20.9 Å². The molecule has 10 nitrogen and oxygen atoms in total. The van der Waals surface area contributed by atoms with Crippen molar-refractivity contribution in [3.8, 4) is 11.4 Å². The smallest absolute Gasteiger partial charge is 0.319 e. The summed E-state index contributed by atoms with van der Waals surface area (Å²) in [6.45, 7) is 5.84. The fourth-order valence-corrected chi connectivity index (χ4v) is 3.64. The van der Waals surface area contributed by atoms with Crippen LogP contribution in [0.3, 0.4) is 0 Å². The van der Waals surface area contributed by atoms with Crippen LogP contribution in [0.4, 0.5) is 14.9 Å². The van der Waals surface area contributed by atoms with Crippen LogP contribution in [0.15, 0.2) is 42.5 Å². The molecule has 1 aromatic heterocycles. The van der Waals surface area contributed by atoms with Gasteiger partial charge in [-0.15, -0.1) is 5.10 Å². The largest absolute Gasteiger partial charge is 0.350 e. The second-order valence-corrected chi connectivity index (χ2v) is 9.01. The highest BCUT2D eigenvalue weighted by Gasteiger charge is 2.15. The van der Waals surface area contributed by atoms with Crippen molar-refractivity contribution in [2.45, 2.75) is 39.3 Å². The van der Waals surface area contributed by atoms with Gasteiger partial charge >= 0.3 is 6.03 Å². The molecule has 0 bridgehead atoms. The van der Waals surface area contributed by atoms with Crippen molar-refractivity contribution >= 4 is 17.6 Å². The first-order valence-electron chi connectivity index (χ1n) is 11.9. The topological polar surface area (TPSA) is 117 Å². The number of nitrogens with zero attached hydrogens (tertiary/aromatic N) is 5. The van der Waals surface area contributed by atoms with Crippen molar-refractivity contribution in [1.29, 1.82) is 0 Å². The zero-order chi connectivity index (χ0) is 26.1. The molecule has 3 amide bonds. The molecule has 2 aromatic carbocycles. The molecule has 0 aliphatic heterocycles. The highest BCUT2D eigenvalue weighted by Crippen LogP contribution is 2.23. The van der Waals surface area contributed by atoms with Crippen LogP contribution in [0.25, 0.3) is 11.4 Å². The van der Waals surface area contributed by atoms with Gasteiger partial charge in [0.05, 0.1) is 0 Å². The molecule has 0 spiro atoms. The summed E-state index contributed by atoms with van der Waals surface area (Å²) in [6, 6.07) is 11.1. The number of carbonyl (C=O) groups excluding carboxylic acids is 2. The minimum atomic E-state index is -0.363. The molecule has 3 aromatic rings. The van der Waals surface area contributed by atoms with E-state index in [1.54, 1.807) is 37.4 Å². The zero-order valence-corrected chi connectivity index (χ0v) is 21.1. The number of unbranched alkanes of at least 4 members (excludes halogenated alkanes) is 1. The predicted octanol–water partition coefficient (Wildman–Crippen LogP) is 3.19. The van der Waals surface area contributed by atoms with Crippen LogP contribution in [-0.4, -0.2) is 63.2 Å². The summed E-state index contributed by atoms with van der Waals surface area (Å²) >= 11 is 0. The summed E-state index contributed by atoms with van der Waals surface area (Å²) in [5, 5.41) is 20.0. The van der Waals surface area contributed by atoms with E-state index < -0.39 is 0 Å². The van der Waals surface area contributed by atoms with E-state index in [9.17, 15) is 14.0 Å². The Kier molecular flexibility index (Phi) is 9.46. The molecular formula is C25H33FN8O2. The van der Waals surface area contributed by atoms with E-state index in [4.69, 9.17) is 0 Å². The molecule has 36 heavy (non-hydrogen) atoms. The van der Waals surface area contributed by atoms with Crippen LogP contribution in [0.5, 0.6) is 0 Å². The maximum absolute atomic E-state index is 13.0. The van der Waals surface area contributed by atoms with Gasteiger partial charge in [0.25, 0.3) is 5.91 Å². The van der Waals surface area contributed by atoms with Gasteiger partial charge in [-0.2, -0.15) is 0 Å². The fourth-order valence-electron chi connectivity index (χ4n) is 3.64. The van der Waals surface area contributed by atoms with Gasteiger partial charge in [0.2, 0.25) is 0 Å². The Balaban J connectivity index is 1.51. The summed E-state index contributed by atoms with van der Waals surface area (Å²) < 4.78 is 14.5. The highest BCUT2D eigenvalue weighted by molar-refractivity contribution is 5.98. The number of rotatable bonds is 11. The lowest BCUT2D eigenvalue weighted by molar-refractivity contribution is 0.0943. The minimum absolute atomic E-state index is 0.0351. The summed E-state index contributed by atoms with van der Waals surface area (Å²) in [4.78, 5) is 27.3. The van der Waals surface area contributed by atoms with Gasteiger partial charge in [0, 0.05) is 43.0 Å². The first-order valence-corrected chi connectivity index (χ1v) is 11.9. The standard InChI is InChI=1S/C25H33FN8O2/c1-17(2)28-24(35)20-13-19(23-30-31-32-34(23)4)14-22(15-20)29-25(36)27-11-5-6-12-33(3)16-18-7-9-21(26)10-8-18/h7-10,13-15,17H,5-6,11-12,16H2,1-4H3,(H,28,35)(H2,27,29,36). The quantitative estimate of drug-likeness (QED) is 0.351. The Labute approximate surface area is 210 Å². The van der Waals surface area contributed by atoms with Crippen LogP contribution in [0.1, 0.15) is 42.6 Å². The fraction of sp³-hybridized carbons (Fsp3) is 0.400. The number of aromatic nitrogens is 4. The number of benzene rings is 2. The first kappa shape index (κ1) is 26.7. The molecule has 0 fully saturated rings. The number of hydrogen-bond donors (Lipinski definition) is 3. The van der Waals surface area contributed by atoms with Crippen LogP contribution in [0.2, 0.25) is 0 Å². The maximum Gasteiger partial charge on any atom is 0.319 e. The van der Waals surface area contributed by atoms with Gasteiger partial charge in [0.1, 0.15) is 5.82 Å². The van der Waals surface area contributed by atoms with E-state index in [2.05, 4.69) is 36.4 Å². The number of nitrogens with one attached hydrogen (secondary N) is 3. The van der Waals surface area contributed by atoms with E-state index in [0.29, 0.717) is 29.2 Å². The lowest BCUT2D eigenvalue weighted by Crippen LogP contribution is -2.31. The predicted molar refractivity (Wildman–Crippen MR) is 136 cm³/mol. The van der Waals surface area contributed by atoms with E-state index in [-0.39, 0.29) is 23.8 Å². The summed E-state index contributed by atoms with van der Waals surface area (Å²) in [5.74, 6) is -0.0178. The van der Waals surface area contributed by atoms with Gasteiger partial charge in [-0.25, -0.2) is 13.9 Å². The molecule has 0 aliphatic rings. The molecule has 11 heteroatoms. The summed E-state index contributed by atoms with van der Waals surface area (Å²) in [5.41, 5.74) is 2.51. The third kappa shape index (κ3) is 8.12. The van der Waals surface area contributed by atoms with Gasteiger partial charge in [-0.3, -0.25) is 4.79 Å². The van der Waals surface area contributed by atoms with Crippen molar-refractivity contribution in [2.24, 2.45) is 7.05 Å². The van der Waals surface area contributed by atoms with Gasteiger partial charge in [-0.1, -0.05) is 12.1 Å². The Bertz CT molecular complexity index is 1160. The molecule has 0 aliphatic carbocycles. The van der Waals surface area contributed by atoms with Crippen LogP contribution in [0, 0.1) is 5.82 Å². The number of anilines is 1. The highest BCUT2D eigenvalue weighted by atomic mass is 19.1. The lowest BCUT2D eigenvalue weighted by Gasteiger charge is -2.17. The van der Waals surface area contributed by atoms with Crippen LogP contribution >= 0.6 is 0 Å². The SMILES string of the molecule is CC(C)NC(=O)c1cc(NC(=O)NCCCCN(C)Cc2ccc(F)cc2)cc(-c2nnnn2C)c1. The van der Waals surface area contributed by atoms with Crippen molar-refractivity contribution < 1.29 is 14.0 Å². The normalized spacial score (nSPS) is 11.1. The van der Waals surface area contributed by atoms with Crippen molar-refractivity contribution in [3.63, 3.8) is 0 Å². The van der Waals surface area contributed by atoms with Crippen LogP contribution < -0.4 is 16.0 Å². The zero-order valence-electron chi connectivity index (χ0n) is 21.1. The molecule has 3 N–H and O–H groups in total. The third-order valence-corrected chi connectivity index (χ3v) is 5.37. The van der Waals surface area contributed by atoms with E-state index in [1.807, 2.05) is 20.9 Å². The van der Waals surface area contributed by atoms with E-state index in [1.165, 1.54) is 16.8 Å². The van der Waals surface area contributed by atoms with Gasteiger partial charge in [-0.05, 0) is 86.6 Å². The molecule has 0 atom stereocenters. The first-order chi connectivity index (χ1) is 17.2. The lowest BCUT2D eigenvalue weighted by atomic mass is 10.1.